The number of halogens is 2. The highest BCUT2D eigenvalue weighted by Gasteiger charge is 2.24. The number of alkyl halides is 1. The largest absolute Gasteiger partial charge is 0.352 e. The number of hydrogen-bond donors (Lipinski definition) is 1. The highest BCUT2D eigenvalue weighted by atomic mass is 35.5. The lowest BCUT2D eigenvalue weighted by atomic mass is 9.88. The predicted molar refractivity (Wildman–Crippen MR) is 77.0 cm³/mol. The van der Waals surface area contributed by atoms with Crippen LogP contribution < -0.4 is 5.32 Å². The van der Waals surface area contributed by atoms with Crippen LogP contribution in [-0.2, 0) is 0 Å². The van der Waals surface area contributed by atoms with Crippen LogP contribution in [0.2, 0.25) is 0 Å². The van der Waals surface area contributed by atoms with E-state index in [1.807, 2.05) is 0 Å². The topological polar surface area (TPSA) is 72.2 Å². The van der Waals surface area contributed by atoms with Crippen LogP contribution in [0.5, 0.6) is 0 Å². The summed E-state index contributed by atoms with van der Waals surface area (Å²) in [6.07, 6.45) is 4.04. The average molecular weight is 315 g/mol. The molecule has 1 saturated carbocycles. The van der Waals surface area contributed by atoms with E-state index in [4.69, 9.17) is 11.6 Å². The van der Waals surface area contributed by atoms with Gasteiger partial charge in [-0.15, -0.1) is 11.6 Å². The van der Waals surface area contributed by atoms with Crippen molar-refractivity contribution in [2.24, 2.45) is 5.92 Å². The first-order valence-electron chi connectivity index (χ1n) is 6.85. The Morgan fingerprint density at radius 2 is 2.14 bits per heavy atom. The van der Waals surface area contributed by atoms with Gasteiger partial charge in [0.2, 0.25) is 0 Å². The summed E-state index contributed by atoms with van der Waals surface area (Å²) < 4.78 is 13.7. The van der Waals surface area contributed by atoms with Crippen LogP contribution in [0, 0.1) is 21.8 Å². The molecule has 1 N–H and O–H groups in total. The van der Waals surface area contributed by atoms with E-state index < -0.39 is 16.6 Å². The fourth-order valence-corrected chi connectivity index (χ4v) is 2.88. The molecule has 114 valence electrons. The first kappa shape index (κ1) is 15.7. The van der Waals surface area contributed by atoms with Gasteiger partial charge in [0.05, 0.1) is 16.6 Å². The second kappa shape index (κ2) is 6.85. The maximum Gasteiger partial charge on any atom is 0.272 e. The molecule has 1 aliphatic carbocycles. The zero-order chi connectivity index (χ0) is 15.4. The molecule has 1 aromatic rings. The monoisotopic (exact) mass is 314 g/mol. The molecule has 0 aliphatic heterocycles. The molecular weight excluding hydrogens is 299 g/mol. The van der Waals surface area contributed by atoms with E-state index in [9.17, 15) is 19.3 Å². The van der Waals surface area contributed by atoms with Gasteiger partial charge in [-0.25, -0.2) is 4.39 Å². The lowest BCUT2D eigenvalue weighted by Crippen LogP contribution is -2.35. The maximum atomic E-state index is 13.7. The van der Waals surface area contributed by atoms with Crippen molar-refractivity contribution < 1.29 is 14.1 Å². The van der Waals surface area contributed by atoms with Gasteiger partial charge in [0.15, 0.2) is 0 Å². The third-order valence-electron chi connectivity index (χ3n) is 3.75. The molecule has 2 unspecified atom stereocenters. The molecule has 1 aliphatic rings. The number of carbonyl (C=O) groups excluding carboxylic acids is 1. The molecule has 0 bridgehead atoms. The Kier molecular flexibility index (Phi) is 5.12. The second-order valence-corrected chi connectivity index (χ2v) is 5.75. The van der Waals surface area contributed by atoms with Gasteiger partial charge in [-0.1, -0.05) is 12.8 Å². The smallest absolute Gasteiger partial charge is 0.272 e. The van der Waals surface area contributed by atoms with Crippen molar-refractivity contribution in [3.05, 3.63) is 39.7 Å². The lowest BCUT2D eigenvalue weighted by molar-refractivity contribution is -0.385. The third-order valence-corrected chi connectivity index (χ3v) is 4.32. The molecule has 1 fully saturated rings. The lowest BCUT2D eigenvalue weighted by Gasteiger charge is -2.27. The summed E-state index contributed by atoms with van der Waals surface area (Å²) in [5, 5.41) is 13.2. The van der Waals surface area contributed by atoms with Gasteiger partial charge >= 0.3 is 0 Å². The van der Waals surface area contributed by atoms with Crippen molar-refractivity contribution in [2.75, 3.05) is 6.54 Å². The van der Waals surface area contributed by atoms with Crippen molar-refractivity contribution in [1.82, 2.24) is 5.32 Å². The minimum Gasteiger partial charge on any atom is -0.352 e. The Morgan fingerprint density at radius 3 is 2.76 bits per heavy atom. The van der Waals surface area contributed by atoms with Gasteiger partial charge in [0, 0.05) is 18.0 Å². The first-order chi connectivity index (χ1) is 9.99. The Morgan fingerprint density at radius 1 is 1.43 bits per heavy atom. The Hall–Kier alpha value is -1.69. The number of nitrogens with one attached hydrogen (secondary N) is 1. The second-order valence-electron chi connectivity index (χ2n) is 5.19. The Labute approximate surface area is 126 Å². The van der Waals surface area contributed by atoms with Gasteiger partial charge in [0.1, 0.15) is 5.82 Å². The molecule has 2 atom stereocenters. The van der Waals surface area contributed by atoms with Crippen molar-refractivity contribution in [1.29, 1.82) is 0 Å². The molecule has 0 radical (unpaired) electrons. The molecule has 1 amide bonds. The Bertz CT molecular complexity index is 553. The van der Waals surface area contributed by atoms with Crippen LogP contribution in [0.25, 0.3) is 0 Å². The minimum atomic E-state index is -0.896. The number of carbonyl (C=O) groups is 1. The summed E-state index contributed by atoms with van der Waals surface area (Å²) in [5.74, 6) is -1.28. The number of amides is 1. The average Bonchev–Trinajstić information content (AvgIpc) is 2.46. The van der Waals surface area contributed by atoms with E-state index in [0.717, 1.165) is 43.9 Å². The van der Waals surface area contributed by atoms with Crippen molar-refractivity contribution in [3.63, 3.8) is 0 Å². The normalized spacial score (nSPS) is 21.8. The highest BCUT2D eigenvalue weighted by Crippen LogP contribution is 2.28. The molecule has 2 rings (SSSR count). The van der Waals surface area contributed by atoms with Crippen molar-refractivity contribution in [3.8, 4) is 0 Å². The van der Waals surface area contributed by atoms with Crippen LogP contribution >= 0.6 is 11.6 Å². The van der Waals surface area contributed by atoms with Crippen LogP contribution in [0.15, 0.2) is 18.2 Å². The van der Waals surface area contributed by atoms with E-state index in [1.54, 1.807) is 0 Å². The number of rotatable bonds is 4. The van der Waals surface area contributed by atoms with E-state index in [0.29, 0.717) is 6.54 Å². The number of hydrogen-bond acceptors (Lipinski definition) is 3. The summed E-state index contributed by atoms with van der Waals surface area (Å²) in [4.78, 5) is 21.8. The van der Waals surface area contributed by atoms with Crippen molar-refractivity contribution >= 4 is 23.2 Å². The quantitative estimate of drug-likeness (QED) is 0.526. The highest BCUT2D eigenvalue weighted by molar-refractivity contribution is 6.20. The maximum absolute atomic E-state index is 13.7. The molecule has 0 aromatic heterocycles. The van der Waals surface area contributed by atoms with E-state index >= 15 is 0 Å². The number of nitro groups is 1. The molecule has 0 heterocycles. The number of benzene rings is 1. The van der Waals surface area contributed by atoms with Crippen molar-refractivity contribution in [2.45, 2.75) is 31.1 Å². The van der Waals surface area contributed by atoms with Crippen LogP contribution in [0.4, 0.5) is 10.1 Å². The first-order valence-corrected chi connectivity index (χ1v) is 7.29. The summed E-state index contributed by atoms with van der Waals surface area (Å²) in [6.45, 7) is 0.392. The predicted octanol–water partition coefficient (Wildman–Crippen LogP) is 3.26. The summed E-state index contributed by atoms with van der Waals surface area (Å²) in [5.41, 5.74) is -0.570. The number of nitro benzene ring substituents is 1. The standard InChI is InChI=1S/C14H16ClFN2O3/c15-12-4-2-1-3-9(12)8-17-14(19)11-6-5-10(18(20)21)7-13(11)16/h5-7,9,12H,1-4,8H2,(H,17,19). The third kappa shape index (κ3) is 3.91. The van der Waals surface area contributed by atoms with Crippen LogP contribution in [0.1, 0.15) is 36.0 Å². The van der Waals surface area contributed by atoms with E-state index in [1.165, 1.54) is 0 Å². The molecule has 5 nitrogen and oxygen atoms in total. The van der Waals surface area contributed by atoms with Gasteiger partial charge in [-0.2, -0.15) is 0 Å². The SMILES string of the molecule is O=C(NCC1CCCCC1Cl)c1ccc([N+](=O)[O-])cc1F. The van der Waals surface area contributed by atoms with Gasteiger partial charge in [0.25, 0.3) is 11.6 Å². The molecule has 1 aromatic carbocycles. The summed E-state index contributed by atoms with van der Waals surface area (Å²) in [7, 11) is 0. The number of nitrogens with zero attached hydrogens (tertiary/aromatic N) is 1. The molecule has 21 heavy (non-hydrogen) atoms. The minimum absolute atomic E-state index is 0.0285. The van der Waals surface area contributed by atoms with Gasteiger partial charge in [-0.05, 0) is 24.8 Å². The zero-order valence-electron chi connectivity index (χ0n) is 11.4. The number of non-ortho nitro benzene ring substituents is 1. The van der Waals surface area contributed by atoms with Crippen LogP contribution in [-0.4, -0.2) is 22.8 Å². The molecule has 7 heteroatoms. The van der Waals surface area contributed by atoms with Crippen LogP contribution in [0.3, 0.4) is 0 Å². The summed E-state index contributed by atoms with van der Waals surface area (Å²) >= 11 is 6.20. The molecule has 0 saturated heterocycles. The Balaban J connectivity index is 1.98. The zero-order valence-corrected chi connectivity index (χ0v) is 12.1. The van der Waals surface area contributed by atoms with Gasteiger partial charge < -0.3 is 5.32 Å². The fraction of sp³-hybridized carbons (Fsp3) is 0.500. The summed E-state index contributed by atoms with van der Waals surface area (Å²) in [6, 6.07) is 2.99. The van der Waals surface area contributed by atoms with E-state index in [2.05, 4.69) is 5.32 Å². The molecular formula is C14H16ClFN2O3. The molecule has 0 spiro atoms. The fourth-order valence-electron chi connectivity index (χ4n) is 2.51. The van der Waals surface area contributed by atoms with Gasteiger partial charge in [-0.3, -0.25) is 14.9 Å². The van der Waals surface area contributed by atoms with E-state index in [-0.39, 0.29) is 22.5 Å².